The molecule has 1 heterocycles. The fraction of sp³-hybridized carbons (Fsp3) is 0.429. The Morgan fingerprint density at radius 2 is 1.83 bits per heavy atom. The molecule has 8 nitrogen and oxygen atoms in total. The molecule has 154 valence electrons. The number of methoxy groups -OCH3 is 1. The molecule has 1 aromatic rings. The number of hydrogen-bond acceptors (Lipinski definition) is 6. The number of benzene rings is 1. The highest BCUT2D eigenvalue weighted by molar-refractivity contribution is 6.05. The molecule has 1 aromatic carbocycles. The van der Waals surface area contributed by atoms with Crippen molar-refractivity contribution in [3.05, 3.63) is 36.4 Å². The Morgan fingerprint density at radius 3 is 2.45 bits per heavy atom. The first-order chi connectivity index (χ1) is 13.9. The van der Waals surface area contributed by atoms with E-state index in [1.165, 1.54) is 14.0 Å². The Bertz CT molecular complexity index is 823. The number of allylic oxidation sites excluding steroid dienone is 2. The Morgan fingerprint density at radius 1 is 1.17 bits per heavy atom. The summed E-state index contributed by atoms with van der Waals surface area (Å²) < 4.78 is 10.2. The van der Waals surface area contributed by atoms with E-state index in [-0.39, 0.29) is 36.6 Å². The monoisotopic (exact) mass is 400 g/mol. The standard InChI is InChI=1S/C21H24N2O6/c1-13(19(25)22-14-6-5-7-15(12-14)28-2)29-18(24)10-11-23-20(26)16-8-3-4-9-17(16)21(23)27/h3-7,12-13,16-17H,8-11H2,1-2H3,(H,22,25)/t13-,16-,17-/m0/s1. The fourth-order valence-electron chi connectivity index (χ4n) is 3.55. The Labute approximate surface area is 168 Å². The van der Waals surface area contributed by atoms with Crippen LogP contribution in [0.4, 0.5) is 5.69 Å². The van der Waals surface area contributed by atoms with Crippen LogP contribution in [0.3, 0.4) is 0 Å². The zero-order valence-electron chi connectivity index (χ0n) is 16.4. The van der Waals surface area contributed by atoms with Crippen LogP contribution in [0.5, 0.6) is 5.75 Å². The van der Waals surface area contributed by atoms with E-state index in [0.29, 0.717) is 24.3 Å². The van der Waals surface area contributed by atoms with Crippen molar-refractivity contribution >= 4 is 29.4 Å². The van der Waals surface area contributed by atoms with Crippen LogP contribution < -0.4 is 10.1 Å². The minimum atomic E-state index is -1.02. The molecular formula is C21H24N2O6. The van der Waals surface area contributed by atoms with Gasteiger partial charge in [-0.3, -0.25) is 24.1 Å². The molecule has 0 radical (unpaired) electrons. The van der Waals surface area contributed by atoms with Crippen LogP contribution >= 0.6 is 0 Å². The minimum absolute atomic E-state index is 0.0340. The highest BCUT2D eigenvalue weighted by Crippen LogP contribution is 2.35. The van der Waals surface area contributed by atoms with Crippen molar-refractivity contribution in [3.8, 4) is 5.75 Å². The van der Waals surface area contributed by atoms with Gasteiger partial charge in [-0.15, -0.1) is 0 Å². The maximum Gasteiger partial charge on any atom is 0.308 e. The summed E-state index contributed by atoms with van der Waals surface area (Å²) in [6, 6.07) is 6.80. The molecule has 1 N–H and O–H groups in total. The lowest BCUT2D eigenvalue weighted by molar-refractivity contribution is -0.154. The van der Waals surface area contributed by atoms with Gasteiger partial charge >= 0.3 is 5.97 Å². The average molecular weight is 400 g/mol. The van der Waals surface area contributed by atoms with Crippen LogP contribution in [0.15, 0.2) is 36.4 Å². The zero-order chi connectivity index (χ0) is 21.0. The molecule has 0 aromatic heterocycles. The van der Waals surface area contributed by atoms with Gasteiger partial charge in [0.1, 0.15) is 5.75 Å². The molecule has 1 saturated heterocycles. The maximum absolute atomic E-state index is 12.4. The number of anilines is 1. The van der Waals surface area contributed by atoms with Gasteiger partial charge in [-0.05, 0) is 31.9 Å². The topological polar surface area (TPSA) is 102 Å². The molecule has 1 aliphatic heterocycles. The predicted octanol–water partition coefficient (Wildman–Crippen LogP) is 1.91. The zero-order valence-corrected chi connectivity index (χ0v) is 16.4. The Kier molecular flexibility index (Phi) is 6.31. The number of amides is 3. The lowest BCUT2D eigenvalue weighted by Crippen LogP contribution is -2.35. The molecule has 3 amide bonds. The first-order valence-corrected chi connectivity index (χ1v) is 9.55. The van der Waals surface area contributed by atoms with Gasteiger partial charge in [0, 0.05) is 18.3 Å². The van der Waals surface area contributed by atoms with E-state index in [9.17, 15) is 19.2 Å². The molecule has 0 spiro atoms. The second kappa shape index (κ2) is 8.89. The van der Waals surface area contributed by atoms with E-state index in [2.05, 4.69) is 5.32 Å². The second-order valence-corrected chi connectivity index (χ2v) is 7.09. The molecule has 2 aliphatic rings. The lowest BCUT2D eigenvalue weighted by Gasteiger charge is -2.16. The molecule has 0 unspecified atom stereocenters. The van der Waals surface area contributed by atoms with E-state index in [1.807, 2.05) is 12.2 Å². The van der Waals surface area contributed by atoms with Gasteiger partial charge in [0.15, 0.2) is 6.10 Å². The van der Waals surface area contributed by atoms with E-state index in [1.54, 1.807) is 24.3 Å². The lowest BCUT2D eigenvalue weighted by atomic mass is 9.85. The number of fused-ring (bicyclic) bond motifs is 1. The summed E-state index contributed by atoms with van der Waals surface area (Å²) in [6.07, 6.45) is 3.75. The number of nitrogens with one attached hydrogen (secondary N) is 1. The number of nitrogens with zero attached hydrogens (tertiary/aromatic N) is 1. The van der Waals surface area contributed by atoms with Crippen LogP contribution in [0.1, 0.15) is 26.2 Å². The Balaban J connectivity index is 1.48. The van der Waals surface area contributed by atoms with Gasteiger partial charge in [0.25, 0.3) is 5.91 Å². The number of ether oxygens (including phenoxy) is 2. The summed E-state index contributed by atoms with van der Waals surface area (Å²) in [5.74, 6) is -1.67. The normalized spacial score (nSPS) is 21.5. The number of rotatable bonds is 7. The molecule has 1 fully saturated rings. The summed E-state index contributed by atoms with van der Waals surface area (Å²) in [7, 11) is 1.52. The second-order valence-electron chi connectivity index (χ2n) is 7.09. The molecule has 0 bridgehead atoms. The quantitative estimate of drug-likeness (QED) is 0.426. The van der Waals surface area contributed by atoms with Crippen molar-refractivity contribution in [2.24, 2.45) is 11.8 Å². The van der Waals surface area contributed by atoms with Gasteiger partial charge in [0.2, 0.25) is 11.8 Å². The van der Waals surface area contributed by atoms with Crippen molar-refractivity contribution < 1.29 is 28.7 Å². The molecule has 29 heavy (non-hydrogen) atoms. The van der Waals surface area contributed by atoms with Gasteiger partial charge in [-0.1, -0.05) is 18.2 Å². The molecule has 8 heteroatoms. The number of carbonyl (C=O) groups excluding carboxylic acids is 4. The molecular weight excluding hydrogens is 376 g/mol. The first-order valence-electron chi connectivity index (χ1n) is 9.55. The van der Waals surface area contributed by atoms with E-state index in [4.69, 9.17) is 9.47 Å². The van der Waals surface area contributed by atoms with Gasteiger partial charge < -0.3 is 14.8 Å². The largest absolute Gasteiger partial charge is 0.497 e. The number of hydrogen-bond donors (Lipinski definition) is 1. The third kappa shape index (κ3) is 4.64. The van der Waals surface area contributed by atoms with Crippen LogP contribution in [0, 0.1) is 11.8 Å². The summed E-state index contributed by atoms with van der Waals surface area (Å²) >= 11 is 0. The molecule has 3 rings (SSSR count). The average Bonchev–Trinajstić information content (AvgIpc) is 2.97. The minimum Gasteiger partial charge on any atom is -0.497 e. The number of imide groups is 1. The third-order valence-electron chi connectivity index (χ3n) is 5.15. The van der Waals surface area contributed by atoms with E-state index < -0.39 is 18.0 Å². The van der Waals surface area contributed by atoms with Crippen molar-refractivity contribution in [1.82, 2.24) is 4.90 Å². The maximum atomic E-state index is 12.4. The SMILES string of the molecule is COc1cccc(NC(=O)[C@H](C)OC(=O)CCN2C(=O)[C@H]3CC=CC[C@@H]3C2=O)c1. The summed E-state index contributed by atoms with van der Waals surface area (Å²) in [6.45, 7) is 1.42. The van der Waals surface area contributed by atoms with E-state index in [0.717, 1.165) is 4.90 Å². The summed E-state index contributed by atoms with van der Waals surface area (Å²) in [5, 5.41) is 2.65. The molecule has 3 atom stereocenters. The third-order valence-corrected chi connectivity index (χ3v) is 5.15. The Hall–Kier alpha value is -3.16. The van der Waals surface area contributed by atoms with Gasteiger partial charge in [-0.2, -0.15) is 0 Å². The van der Waals surface area contributed by atoms with Crippen molar-refractivity contribution in [1.29, 1.82) is 0 Å². The van der Waals surface area contributed by atoms with Crippen molar-refractivity contribution in [2.75, 3.05) is 19.0 Å². The van der Waals surface area contributed by atoms with Crippen molar-refractivity contribution in [2.45, 2.75) is 32.3 Å². The van der Waals surface area contributed by atoms with Crippen LogP contribution in [0.25, 0.3) is 0 Å². The number of carbonyl (C=O) groups is 4. The number of likely N-dealkylation sites (tertiary alicyclic amines) is 1. The van der Waals surface area contributed by atoms with Gasteiger partial charge in [-0.25, -0.2) is 0 Å². The van der Waals surface area contributed by atoms with Gasteiger partial charge in [0.05, 0.1) is 25.4 Å². The van der Waals surface area contributed by atoms with Crippen LogP contribution in [-0.2, 0) is 23.9 Å². The fourth-order valence-corrected chi connectivity index (χ4v) is 3.55. The summed E-state index contributed by atoms with van der Waals surface area (Å²) in [5.41, 5.74) is 0.515. The van der Waals surface area contributed by atoms with E-state index >= 15 is 0 Å². The molecule has 0 saturated carbocycles. The molecule has 1 aliphatic carbocycles. The smallest absolute Gasteiger partial charge is 0.308 e. The number of esters is 1. The highest BCUT2D eigenvalue weighted by atomic mass is 16.5. The highest BCUT2D eigenvalue weighted by Gasteiger charge is 2.47. The van der Waals surface area contributed by atoms with Crippen LogP contribution in [0.2, 0.25) is 0 Å². The first kappa shape index (κ1) is 20.6. The van der Waals surface area contributed by atoms with Crippen LogP contribution in [-0.4, -0.2) is 48.3 Å². The summed E-state index contributed by atoms with van der Waals surface area (Å²) in [4.78, 5) is 50.3. The van der Waals surface area contributed by atoms with Crippen molar-refractivity contribution in [3.63, 3.8) is 0 Å². The predicted molar refractivity (Wildman–Crippen MR) is 104 cm³/mol.